The molecule has 0 aliphatic carbocycles. The zero-order valence-corrected chi connectivity index (χ0v) is 12.3. The number of benzene rings is 2. The minimum Gasteiger partial charge on any atom is -0.505 e. The zero-order valence-electron chi connectivity index (χ0n) is 11.5. The number of hydrogen-bond donors (Lipinski definition) is 1. The van der Waals surface area contributed by atoms with E-state index in [0.29, 0.717) is 21.8 Å². The molecule has 0 saturated carbocycles. The molecule has 0 fully saturated rings. The van der Waals surface area contributed by atoms with Gasteiger partial charge in [0, 0.05) is 17.2 Å². The van der Waals surface area contributed by atoms with Gasteiger partial charge in [-0.25, -0.2) is 4.39 Å². The van der Waals surface area contributed by atoms with E-state index in [0.717, 1.165) is 0 Å². The molecule has 1 N–H and O–H groups in total. The fourth-order valence-corrected chi connectivity index (χ4v) is 3.14. The number of amides is 2. The average molecular weight is 317 g/mol. The van der Waals surface area contributed by atoms with Gasteiger partial charge in [-0.1, -0.05) is 12.1 Å². The van der Waals surface area contributed by atoms with E-state index in [1.54, 1.807) is 30.3 Å². The van der Waals surface area contributed by atoms with Crippen LogP contribution in [0.5, 0.6) is 5.75 Å². The highest BCUT2D eigenvalue weighted by Crippen LogP contribution is 2.26. The highest BCUT2D eigenvalue weighted by atomic mass is 32.2. The Bertz CT molecular complexity index is 728. The summed E-state index contributed by atoms with van der Waals surface area (Å²) in [4.78, 5) is 26.1. The first-order chi connectivity index (χ1) is 10.6. The molecule has 1 aliphatic rings. The molecule has 2 aromatic rings. The second-order valence-electron chi connectivity index (χ2n) is 4.77. The quantitative estimate of drug-likeness (QED) is 0.696. The van der Waals surface area contributed by atoms with Gasteiger partial charge in [-0.15, -0.1) is 11.8 Å². The number of aromatic hydroxyl groups is 1. The van der Waals surface area contributed by atoms with Crippen LogP contribution in [-0.2, 0) is 0 Å². The maximum Gasteiger partial charge on any atom is 0.261 e. The summed E-state index contributed by atoms with van der Waals surface area (Å²) in [5.41, 5.74) is 0.848. The monoisotopic (exact) mass is 317 g/mol. The van der Waals surface area contributed by atoms with Crippen molar-refractivity contribution >= 4 is 23.6 Å². The topological polar surface area (TPSA) is 57.6 Å². The van der Waals surface area contributed by atoms with Gasteiger partial charge in [0.15, 0.2) is 11.6 Å². The largest absolute Gasteiger partial charge is 0.505 e. The summed E-state index contributed by atoms with van der Waals surface area (Å²) in [5, 5.41) is 9.13. The number of fused-ring (bicyclic) bond motifs is 1. The maximum absolute atomic E-state index is 13.2. The molecule has 2 amide bonds. The van der Waals surface area contributed by atoms with Crippen molar-refractivity contribution in [3.8, 4) is 5.75 Å². The molecule has 112 valence electrons. The van der Waals surface area contributed by atoms with Crippen molar-refractivity contribution in [2.24, 2.45) is 0 Å². The standard InChI is InChI=1S/C16H12FNO3S/c17-13-9-10(5-6-14(13)19)22-8-7-18-15(20)11-3-1-2-4-12(11)16(18)21/h1-6,9,19H,7-8H2. The molecular weight excluding hydrogens is 305 g/mol. The van der Waals surface area contributed by atoms with Crippen LogP contribution < -0.4 is 0 Å². The second-order valence-corrected chi connectivity index (χ2v) is 5.94. The molecule has 1 heterocycles. The van der Waals surface area contributed by atoms with Crippen molar-refractivity contribution in [1.82, 2.24) is 4.90 Å². The lowest BCUT2D eigenvalue weighted by Crippen LogP contribution is -2.31. The fraction of sp³-hybridized carbons (Fsp3) is 0.125. The summed E-state index contributed by atoms with van der Waals surface area (Å²) in [5.74, 6) is -1.22. The van der Waals surface area contributed by atoms with Gasteiger partial charge < -0.3 is 5.11 Å². The highest BCUT2D eigenvalue weighted by molar-refractivity contribution is 7.99. The van der Waals surface area contributed by atoms with Gasteiger partial charge in [0.05, 0.1) is 11.1 Å². The number of thioether (sulfide) groups is 1. The van der Waals surface area contributed by atoms with Gasteiger partial charge in [-0.05, 0) is 30.3 Å². The molecule has 0 saturated heterocycles. The number of carbonyl (C=O) groups excluding carboxylic acids is 2. The minimum atomic E-state index is -0.689. The Labute approximate surface area is 130 Å². The van der Waals surface area contributed by atoms with Crippen molar-refractivity contribution in [3.63, 3.8) is 0 Å². The lowest BCUT2D eigenvalue weighted by molar-refractivity contribution is 0.0664. The van der Waals surface area contributed by atoms with E-state index < -0.39 is 11.6 Å². The van der Waals surface area contributed by atoms with Crippen molar-refractivity contribution in [2.45, 2.75) is 4.90 Å². The van der Waals surface area contributed by atoms with Crippen LogP contribution in [0.25, 0.3) is 0 Å². The molecule has 22 heavy (non-hydrogen) atoms. The molecule has 0 spiro atoms. The highest BCUT2D eigenvalue weighted by Gasteiger charge is 2.34. The van der Waals surface area contributed by atoms with Crippen LogP contribution in [0, 0.1) is 5.82 Å². The normalized spacial score (nSPS) is 13.6. The van der Waals surface area contributed by atoms with Crippen molar-refractivity contribution in [3.05, 3.63) is 59.4 Å². The molecular formula is C16H12FNO3S. The summed E-state index contributed by atoms with van der Waals surface area (Å²) in [6.45, 7) is 0.250. The number of rotatable bonds is 4. The van der Waals surface area contributed by atoms with Crippen LogP contribution >= 0.6 is 11.8 Å². The molecule has 6 heteroatoms. The van der Waals surface area contributed by atoms with E-state index in [1.165, 1.54) is 28.8 Å². The number of halogens is 1. The summed E-state index contributed by atoms with van der Waals surface area (Å²) in [7, 11) is 0. The second kappa shape index (κ2) is 5.81. The van der Waals surface area contributed by atoms with Crippen LogP contribution in [0.4, 0.5) is 4.39 Å². The Morgan fingerprint density at radius 2 is 1.68 bits per heavy atom. The lowest BCUT2D eigenvalue weighted by Gasteiger charge is -2.13. The Morgan fingerprint density at radius 1 is 1.05 bits per heavy atom. The van der Waals surface area contributed by atoms with Gasteiger partial charge in [0.2, 0.25) is 0 Å². The predicted octanol–water partition coefficient (Wildman–Crippen LogP) is 2.92. The van der Waals surface area contributed by atoms with E-state index >= 15 is 0 Å². The minimum absolute atomic E-state index is 0.250. The van der Waals surface area contributed by atoms with Crippen molar-refractivity contribution in [1.29, 1.82) is 0 Å². The fourth-order valence-electron chi connectivity index (χ4n) is 2.27. The molecule has 1 aliphatic heterocycles. The molecule has 0 bridgehead atoms. The third-order valence-electron chi connectivity index (χ3n) is 3.38. The Morgan fingerprint density at radius 3 is 2.27 bits per heavy atom. The Hall–Kier alpha value is -2.34. The molecule has 0 atom stereocenters. The summed E-state index contributed by atoms with van der Waals surface area (Å²) < 4.78 is 13.2. The average Bonchev–Trinajstić information content (AvgIpc) is 2.76. The number of imide groups is 1. The predicted molar refractivity (Wildman–Crippen MR) is 80.6 cm³/mol. The number of nitrogens with zero attached hydrogens (tertiary/aromatic N) is 1. The van der Waals surface area contributed by atoms with E-state index in [4.69, 9.17) is 5.11 Å². The van der Waals surface area contributed by atoms with E-state index in [2.05, 4.69) is 0 Å². The van der Waals surface area contributed by atoms with Crippen LogP contribution in [0.15, 0.2) is 47.4 Å². The molecule has 3 rings (SSSR count). The van der Waals surface area contributed by atoms with Gasteiger partial charge in [0.25, 0.3) is 11.8 Å². The van der Waals surface area contributed by atoms with Crippen molar-refractivity contribution in [2.75, 3.05) is 12.3 Å². The third kappa shape index (κ3) is 2.57. The van der Waals surface area contributed by atoms with Crippen molar-refractivity contribution < 1.29 is 19.1 Å². The maximum atomic E-state index is 13.2. The molecule has 0 unspecified atom stereocenters. The first-order valence-electron chi connectivity index (χ1n) is 6.64. The number of carbonyl (C=O) groups is 2. The third-order valence-corrected chi connectivity index (χ3v) is 4.35. The first-order valence-corrected chi connectivity index (χ1v) is 7.63. The lowest BCUT2D eigenvalue weighted by atomic mass is 10.1. The van der Waals surface area contributed by atoms with Gasteiger partial charge >= 0.3 is 0 Å². The van der Waals surface area contributed by atoms with E-state index in [1.807, 2.05) is 0 Å². The number of phenolic OH excluding ortho intramolecular Hbond substituents is 1. The molecule has 4 nitrogen and oxygen atoms in total. The smallest absolute Gasteiger partial charge is 0.261 e. The first kappa shape index (κ1) is 14.6. The number of phenols is 1. The van der Waals surface area contributed by atoms with Gasteiger partial charge in [-0.2, -0.15) is 0 Å². The zero-order chi connectivity index (χ0) is 15.7. The summed E-state index contributed by atoms with van der Waals surface area (Å²) in [6, 6.07) is 10.8. The van der Waals surface area contributed by atoms with Crippen LogP contribution in [0.1, 0.15) is 20.7 Å². The van der Waals surface area contributed by atoms with Crippen LogP contribution in [-0.4, -0.2) is 34.1 Å². The van der Waals surface area contributed by atoms with E-state index in [9.17, 15) is 14.0 Å². The Balaban J connectivity index is 1.64. The van der Waals surface area contributed by atoms with E-state index in [-0.39, 0.29) is 18.4 Å². The van der Waals surface area contributed by atoms with Gasteiger partial charge in [0.1, 0.15) is 0 Å². The van der Waals surface area contributed by atoms with Crippen LogP contribution in [0.3, 0.4) is 0 Å². The SMILES string of the molecule is O=C1c2ccccc2C(=O)N1CCSc1ccc(O)c(F)c1. The van der Waals surface area contributed by atoms with Crippen LogP contribution in [0.2, 0.25) is 0 Å². The summed E-state index contributed by atoms with van der Waals surface area (Å²) in [6.07, 6.45) is 0. The van der Waals surface area contributed by atoms with Gasteiger partial charge in [-0.3, -0.25) is 14.5 Å². The molecule has 0 radical (unpaired) electrons. The number of hydrogen-bond acceptors (Lipinski definition) is 4. The summed E-state index contributed by atoms with van der Waals surface area (Å²) >= 11 is 1.32. The molecule has 0 aromatic heterocycles. The Kier molecular flexibility index (Phi) is 3.85. The molecule has 2 aromatic carbocycles.